The number of amides is 1. The zero-order chi connectivity index (χ0) is 15.2. The summed E-state index contributed by atoms with van der Waals surface area (Å²) in [6.07, 6.45) is 3.17. The van der Waals surface area contributed by atoms with Crippen LogP contribution in [0.4, 0.5) is 11.6 Å². The number of halogens is 2. The van der Waals surface area contributed by atoms with Crippen molar-refractivity contribution in [2.45, 2.75) is 0 Å². The Labute approximate surface area is 132 Å². The Morgan fingerprint density at radius 1 is 1.29 bits per heavy atom. The minimum Gasteiger partial charge on any atom is -0.351 e. The van der Waals surface area contributed by atoms with Gasteiger partial charge in [-0.05, 0) is 24.3 Å². The summed E-state index contributed by atoms with van der Waals surface area (Å²) in [5, 5.41) is 6.39. The van der Waals surface area contributed by atoms with Crippen LogP contribution in [0.5, 0.6) is 0 Å². The van der Waals surface area contributed by atoms with Gasteiger partial charge < -0.3 is 10.6 Å². The average molecular weight is 323 g/mol. The maximum atomic E-state index is 12.1. The fraction of sp³-hybridized carbons (Fsp3) is 0.0714. The van der Waals surface area contributed by atoms with Crippen LogP contribution in [0.15, 0.2) is 43.1 Å². The van der Waals surface area contributed by atoms with Crippen LogP contribution in [0, 0.1) is 0 Å². The van der Waals surface area contributed by atoms with Crippen LogP contribution in [0.1, 0.15) is 10.5 Å². The predicted molar refractivity (Wildman–Crippen MR) is 85.1 cm³/mol. The molecular weight excluding hydrogens is 311 g/mol. The maximum absolute atomic E-state index is 12.1. The van der Waals surface area contributed by atoms with E-state index in [1.807, 2.05) is 0 Å². The maximum Gasteiger partial charge on any atom is 0.274 e. The van der Waals surface area contributed by atoms with E-state index >= 15 is 0 Å². The lowest BCUT2D eigenvalue weighted by molar-refractivity contribution is 0.102. The zero-order valence-electron chi connectivity index (χ0n) is 10.9. The number of anilines is 2. The van der Waals surface area contributed by atoms with Crippen LogP contribution < -0.4 is 10.6 Å². The van der Waals surface area contributed by atoms with Gasteiger partial charge in [0.05, 0.1) is 10.0 Å². The van der Waals surface area contributed by atoms with Gasteiger partial charge in [0.25, 0.3) is 5.91 Å². The number of hydrogen-bond donors (Lipinski definition) is 2. The molecule has 0 spiro atoms. The summed E-state index contributed by atoms with van der Waals surface area (Å²) in [4.78, 5) is 20.2. The molecule has 0 saturated heterocycles. The Bertz CT molecular complexity index is 676. The number of aromatic nitrogens is 2. The molecule has 0 aliphatic rings. The number of nitrogens with zero attached hydrogens (tertiary/aromatic N) is 2. The first-order chi connectivity index (χ1) is 10.1. The third kappa shape index (κ3) is 4.18. The van der Waals surface area contributed by atoms with Gasteiger partial charge in [0.1, 0.15) is 5.69 Å². The molecule has 0 aliphatic carbocycles. The molecule has 0 saturated carbocycles. The van der Waals surface area contributed by atoms with Gasteiger partial charge in [-0.25, -0.2) is 9.97 Å². The summed E-state index contributed by atoms with van der Waals surface area (Å²) in [6.45, 7) is 4.10. The molecule has 1 heterocycles. The number of hydrogen-bond acceptors (Lipinski definition) is 4. The first kappa shape index (κ1) is 15.3. The van der Waals surface area contributed by atoms with E-state index in [1.165, 1.54) is 12.3 Å². The van der Waals surface area contributed by atoms with Crippen molar-refractivity contribution in [1.82, 2.24) is 9.97 Å². The van der Waals surface area contributed by atoms with E-state index in [1.54, 1.807) is 24.3 Å². The van der Waals surface area contributed by atoms with E-state index in [0.717, 1.165) is 0 Å². The van der Waals surface area contributed by atoms with Crippen LogP contribution in [-0.4, -0.2) is 22.4 Å². The van der Waals surface area contributed by atoms with E-state index in [0.29, 0.717) is 28.2 Å². The molecule has 2 rings (SSSR count). The third-order valence-corrected chi connectivity index (χ3v) is 3.21. The highest BCUT2D eigenvalue weighted by atomic mass is 35.5. The number of carbonyl (C=O) groups is 1. The Balaban J connectivity index is 2.12. The van der Waals surface area contributed by atoms with Gasteiger partial charge in [0.15, 0.2) is 0 Å². The molecule has 0 bridgehead atoms. The fourth-order valence-corrected chi connectivity index (χ4v) is 1.80. The van der Waals surface area contributed by atoms with Crippen LogP contribution >= 0.6 is 23.2 Å². The molecule has 5 nitrogen and oxygen atoms in total. The molecule has 2 N–H and O–H groups in total. The lowest BCUT2D eigenvalue weighted by Gasteiger charge is -2.07. The molecule has 0 fully saturated rings. The van der Waals surface area contributed by atoms with E-state index in [9.17, 15) is 4.79 Å². The quantitative estimate of drug-likeness (QED) is 0.825. The van der Waals surface area contributed by atoms with Crippen molar-refractivity contribution in [3.05, 3.63) is 58.9 Å². The normalized spacial score (nSPS) is 10.0. The second-order valence-electron chi connectivity index (χ2n) is 4.02. The Morgan fingerprint density at radius 3 is 2.81 bits per heavy atom. The largest absolute Gasteiger partial charge is 0.351 e. The van der Waals surface area contributed by atoms with Crippen molar-refractivity contribution in [2.75, 3.05) is 17.2 Å². The summed E-state index contributed by atoms with van der Waals surface area (Å²) in [5.74, 6) is -0.00543. The SMILES string of the molecule is C=CCNc1nccc(C(=O)Nc2ccc(Cl)c(Cl)c2)n1. The fourth-order valence-electron chi connectivity index (χ4n) is 1.50. The molecule has 7 heteroatoms. The van der Waals surface area contributed by atoms with E-state index < -0.39 is 0 Å². The number of nitrogens with one attached hydrogen (secondary N) is 2. The number of benzene rings is 1. The Hall–Kier alpha value is -2.11. The molecule has 0 aliphatic heterocycles. The van der Waals surface area contributed by atoms with Crippen molar-refractivity contribution >= 4 is 40.7 Å². The van der Waals surface area contributed by atoms with Gasteiger partial charge in [0, 0.05) is 18.4 Å². The average Bonchev–Trinajstić information content (AvgIpc) is 2.49. The van der Waals surface area contributed by atoms with Gasteiger partial charge in [-0.15, -0.1) is 6.58 Å². The van der Waals surface area contributed by atoms with Gasteiger partial charge in [-0.1, -0.05) is 29.3 Å². The molecule has 108 valence electrons. The highest BCUT2D eigenvalue weighted by Crippen LogP contribution is 2.25. The summed E-state index contributed by atoms with van der Waals surface area (Å²) in [5.41, 5.74) is 0.774. The minimum absolute atomic E-state index is 0.239. The summed E-state index contributed by atoms with van der Waals surface area (Å²) in [7, 11) is 0. The molecule has 2 aromatic rings. The van der Waals surface area contributed by atoms with Gasteiger partial charge in [-0.3, -0.25) is 4.79 Å². The minimum atomic E-state index is -0.363. The number of rotatable bonds is 5. The summed E-state index contributed by atoms with van der Waals surface area (Å²) in [6, 6.07) is 6.35. The smallest absolute Gasteiger partial charge is 0.274 e. The van der Waals surface area contributed by atoms with Crippen LogP contribution in [-0.2, 0) is 0 Å². The van der Waals surface area contributed by atoms with Gasteiger partial charge in [-0.2, -0.15) is 0 Å². The Kier molecular flexibility index (Phi) is 5.14. The van der Waals surface area contributed by atoms with Crippen molar-refractivity contribution < 1.29 is 4.79 Å². The van der Waals surface area contributed by atoms with Gasteiger partial charge in [0.2, 0.25) is 5.95 Å². The van der Waals surface area contributed by atoms with Crippen LogP contribution in [0.25, 0.3) is 0 Å². The first-order valence-corrected chi connectivity index (χ1v) is 6.80. The van der Waals surface area contributed by atoms with E-state index in [4.69, 9.17) is 23.2 Å². The highest BCUT2D eigenvalue weighted by Gasteiger charge is 2.10. The molecule has 21 heavy (non-hydrogen) atoms. The lowest BCUT2D eigenvalue weighted by atomic mass is 10.3. The molecule has 1 aromatic carbocycles. The van der Waals surface area contributed by atoms with Crippen molar-refractivity contribution in [1.29, 1.82) is 0 Å². The topological polar surface area (TPSA) is 66.9 Å². The van der Waals surface area contributed by atoms with Crippen LogP contribution in [0.2, 0.25) is 10.0 Å². The van der Waals surface area contributed by atoms with E-state index in [-0.39, 0.29) is 11.6 Å². The van der Waals surface area contributed by atoms with Crippen molar-refractivity contribution in [2.24, 2.45) is 0 Å². The first-order valence-electron chi connectivity index (χ1n) is 6.04. The molecular formula is C14H12Cl2N4O. The van der Waals surface area contributed by atoms with Crippen molar-refractivity contribution in [3.8, 4) is 0 Å². The van der Waals surface area contributed by atoms with Crippen LogP contribution in [0.3, 0.4) is 0 Å². The summed E-state index contributed by atoms with van der Waals surface area (Å²) >= 11 is 11.7. The molecule has 0 unspecified atom stereocenters. The Morgan fingerprint density at radius 2 is 2.10 bits per heavy atom. The summed E-state index contributed by atoms with van der Waals surface area (Å²) < 4.78 is 0. The molecule has 0 atom stereocenters. The molecule has 0 radical (unpaired) electrons. The predicted octanol–water partition coefficient (Wildman–Crippen LogP) is 3.63. The standard InChI is InChI=1S/C14H12Cl2N4O/c1-2-6-17-14-18-7-5-12(20-14)13(21)19-9-3-4-10(15)11(16)8-9/h2-5,7-8H,1,6H2,(H,19,21)(H,17,18,20). The monoisotopic (exact) mass is 322 g/mol. The van der Waals surface area contributed by atoms with Gasteiger partial charge >= 0.3 is 0 Å². The van der Waals surface area contributed by atoms with E-state index in [2.05, 4.69) is 27.2 Å². The zero-order valence-corrected chi connectivity index (χ0v) is 12.4. The number of carbonyl (C=O) groups excluding carboxylic acids is 1. The lowest BCUT2D eigenvalue weighted by Crippen LogP contribution is -2.15. The third-order valence-electron chi connectivity index (χ3n) is 2.47. The van der Waals surface area contributed by atoms with Crippen molar-refractivity contribution in [3.63, 3.8) is 0 Å². The second-order valence-corrected chi connectivity index (χ2v) is 4.83. The highest BCUT2D eigenvalue weighted by molar-refractivity contribution is 6.42. The second kappa shape index (κ2) is 7.06. The molecule has 1 aromatic heterocycles. The molecule has 1 amide bonds.